The van der Waals surface area contributed by atoms with Gasteiger partial charge in [-0.15, -0.1) is 0 Å². The van der Waals surface area contributed by atoms with E-state index in [1.165, 1.54) is 17.7 Å². The Morgan fingerprint density at radius 1 is 1.26 bits per heavy atom. The van der Waals surface area contributed by atoms with Crippen LogP contribution in [0.25, 0.3) is 0 Å². The van der Waals surface area contributed by atoms with Crippen molar-refractivity contribution >= 4 is 5.69 Å². The van der Waals surface area contributed by atoms with E-state index in [0.717, 1.165) is 25.9 Å². The second-order valence-electron chi connectivity index (χ2n) is 6.43. The van der Waals surface area contributed by atoms with Crippen LogP contribution in [0.2, 0.25) is 0 Å². The Kier molecular flexibility index (Phi) is 4.51. The van der Waals surface area contributed by atoms with E-state index in [9.17, 15) is 5.11 Å². The summed E-state index contributed by atoms with van der Waals surface area (Å²) in [5, 5.41) is 9.18. The van der Waals surface area contributed by atoms with Crippen molar-refractivity contribution in [3.05, 3.63) is 29.8 Å². The van der Waals surface area contributed by atoms with Gasteiger partial charge in [0.2, 0.25) is 0 Å². The molecule has 1 aromatic carbocycles. The molecule has 0 aromatic heterocycles. The molecule has 2 rings (SSSR count). The molecule has 1 atom stereocenters. The van der Waals surface area contributed by atoms with Gasteiger partial charge >= 0.3 is 0 Å². The molecule has 1 unspecified atom stereocenters. The predicted molar refractivity (Wildman–Crippen MR) is 81.6 cm³/mol. The van der Waals surface area contributed by atoms with Gasteiger partial charge in [0.1, 0.15) is 0 Å². The number of piperidine rings is 1. The molecule has 0 amide bonds. The fourth-order valence-electron chi connectivity index (χ4n) is 3.26. The minimum Gasteiger partial charge on any atom is -0.396 e. The summed E-state index contributed by atoms with van der Waals surface area (Å²) in [6.07, 6.45) is 3.23. The first-order chi connectivity index (χ1) is 9.06. The monoisotopic (exact) mass is 261 g/mol. The fraction of sp³-hybridized carbons (Fsp3) is 0.647. The molecule has 1 aliphatic rings. The average molecular weight is 261 g/mol. The highest BCUT2D eigenvalue weighted by Gasteiger charge is 2.35. The van der Waals surface area contributed by atoms with Gasteiger partial charge in [0.25, 0.3) is 0 Å². The van der Waals surface area contributed by atoms with Crippen molar-refractivity contribution in [2.24, 2.45) is 11.3 Å². The highest BCUT2D eigenvalue weighted by molar-refractivity contribution is 5.48. The van der Waals surface area contributed by atoms with Gasteiger partial charge in [-0.05, 0) is 48.3 Å². The normalized spacial score (nSPS) is 22.5. The first-order valence-corrected chi connectivity index (χ1v) is 7.51. The van der Waals surface area contributed by atoms with Crippen LogP contribution in [0, 0.1) is 11.3 Å². The van der Waals surface area contributed by atoms with Crippen LogP contribution in [0.1, 0.15) is 39.2 Å². The van der Waals surface area contributed by atoms with Crippen LogP contribution in [-0.2, 0) is 6.42 Å². The molecule has 1 aromatic rings. The molecular weight excluding hydrogens is 234 g/mol. The highest BCUT2D eigenvalue weighted by Crippen LogP contribution is 2.38. The molecule has 2 heteroatoms. The highest BCUT2D eigenvalue weighted by atomic mass is 16.3. The van der Waals surface area contributed by atoms with Gasteiger partial charge in [0, 0.05) is 25.4 Å². The third kappa shape index (κ3) is 3.30. The summed E-state index contributed by atoms with van der Waals surface area (Å²) in [7, 11) is 0. The van der Waals surface area contributed by atoms with Crippen LogP contribution in [0.15, 0.2) is 24.3 Å². The molecule has 2 nitrogen and oxygen atoms in total. The molecule has 106 valence electrons. The van der Waals surface area contributed by atoms with Gasteiger partial charge in [-0.1, -0.05) is 32.9 Å². The molecule has 1 N–H and O–H groups in total. The van der Waals surface area contributed by atoms with E-state index in [0.29, 0.717) is 12.5 Å². The summed E-state index contributed by atoms with van der Waals surface area (Å²) in [6, 6.07) is 8.98. The van der Waals surface area contributed by atoms with E-state index in [1.807, 2.05) is 0 Å². The second-order valence-corrected chi connectivity index (χ2v) is 6.43. The number of hydrogen-bond donors (Lipinski definition) is 1. The standard InChI is InChI=1S/C17H27NO/c1-4-14-5-7-16(8-6-14)18-11-9-15(10-12-19)17(2,3)13-18/h5-8,15,19H,4,9-13H2,1-3H3. The van der Waals surface area contributed by atoms with Crippen molar-refractivity contribution in [2.45, 2.75) is 40.0 Å². The average Bonchev–Trinajstić information content (AvgIpc) is 2.41. The van der Waals surface area contributed by atoms with E-state index in [4.69, 9.17) is 0 Å². The van der Waals surface area contributed by atoms with Gasteiger partial charge in [0.05, 0.1) is 0 Å². The van der Waals surface area contributed by atoms with Crippen molar-refractivity contribution in [3.8, 4) is 0 Å². The number of rotatable bonds is 4. The molecule has 0 radical (unpaired) electrons. The van der Waals surface area contributed by atoms with Gasteiger partial charge in [-0.25, -0.2) is 0 Å². The maximum absolute atomic E-state index is 9.18. The molecule has 0 saturated carbocycles. The molecule has 0 spiro atoms. The summed E-state index contributed by atoms with van der Waals surface area (Å²) < 4.78 is 0. The van der Waals surface area contributed by atoms with Crippen molar-refractivity contribution < 1.29 is 5.11 Å². The number of anilines is 1. The van der Waals surface area contributed by atoms with Crippen LogP contribution >= 0.6 is 0 Å². The summed E-state index contributed by atoms with van der Waals surface area (Å²) in [5.41, 5.74) is 3.02. The maximum Gasteiger partial charge on any atom is 0.0433 e. The number of benzene rings is 1. The lowest BCUT2D eigenvalue weighted by Gasteiger charge is -2.45. The van der Waals surface area contributed by atoms with Crippen LogP contribution in [-0.4, -0.2) is 24.8 Å². The summed E-state index contributed by atoms with van der Waals surface area (Å²) in [5.74, 6) is 0.642. The topological polar surface area (TPSA) is 23.5 Å². The Balaban J connectivity index is 2.07. The molecule has 1 saturated heterocycles. The van der Waals surface area contributed by atoms with Crippen LogP contribution in [0.5, 0.6) is 0 Å². The largest absolute Gasteiger partial charge is 0.396 e. The van der Waals surface area contributed by atoms with Crippen molar-refractivity contribution in [3.63, 3.8) is 0 Å². The Bertz CT molecular complexity index is 396. The van der Waals surface area contributed by atoms with Gasteiger partial charge in [-0.3, -0.25) is 0 Å². The summed E-state index contributed by atoms with van der Waals surface area (Å²) in [6.45, 7) is 9.38. The zero-order chi connectivity index (χ0) is 13.9. The third-order valence-electron chi connectivity index (χ3n) is 4.64. The lowest BCUT2D eigenvalue weighted by Crippen LogP contribution is -2.46. The number of aryl methyl sites for hydroxylation is 1. The van der Waals surface area contributed by atoms with Gasteiger partial charge < -0.3 is 10.0 Å². The Labute approximate surface area is 117 Å². The zero-order valence-corrected chi connectivity index (χ0v) is 12.5. The van der Waals surface area contributed by atoms with E-state index in [2.05, 4.69) is 49.9 Å². The first kappa shape index (κ1) is 14.4. The van der Waals surface area contributed by atoms with Crippen molar-refractivity contribution in [2.75, 3.05) is 24.6 Å². The summed E-state index contributed by atoms with van der Waals surface area (Å²) in [4.78, 5) is 2.49. The minimum absolute atomic E-state index is 0.282. The Morgan fingerprint density at radius 2 is 1.95 bits per heavy atom. The first-order valence-electron chi connectivity index (χ1n) is 7.51. The number of aliphatic hydroxyl groups is 1. The molecule has 19 heavy (non-hydrogen) atoms. The maximum atomic E-state index is 9.18. The van der Waals surface area contributed by atoms with Crippen molar-refractivity contribution in [1.82, 2.24) is 0 Å². The van der Waals surface area contributed by atoms with Crippen LogP contribution < -0.4 is 4.90 Å². The second kappa shape index (κ2) is 5.96. The van der Waals surface area contributed by atoms with E-state index < -0.39 is 0 Å². The number of aliphatic hydroxyl groups excluding tert-OH is 1. The zero-order valence-electron chi connectivity index (χ0n) is 12.5. The molecular formula is C17H27NO. The Morgan fingerprint density at radius 3 is 2.47 bits per heavy atom. The minimum atomic E-state index is 0.282. The smallest absolute Gasteiger partial charge is 0.0433 e. The molecule has 0 bridgehead atoms. The SMILES string of the molecule is CCc1ccc(N2CCC(CCO)C(C)(C)C2)cc1. The van der Waals surface area contributed by atoms with Crippen molar-refractivity contribution in [1.29, 1.82) is 0 Å². The summed E-state index contributed by atoms with van der Waals surface area (Å²) >= 11 is 0. The molecule has 1 aliphatic heterocycles. The van der Waals surface area contributed by atoms with E-state index in [1.54, 1.807) is 0 Å². The molecule has 1 heterocycles. The quantitative estimate of drug-likeness (QED) is 0.897. The fourth-order valence-corrected chi connectivity index (χ4v) is 3.26. The van der Waals surface area contributed by atoms with Gasteiger partial charge in [0.15, 0.2) is 0 Å². The van der Waals surface area contributed by atoms with Crippen LogP contribution in [0.3, 0.4) is 0 Å². The molecule has 1 fully saturated rings. The van der Waals surface area contributed by atoms with E-state index >= 15 is 0 Å². The van der Waals surface area contributed by atoms with Crippen LogP contribution in [0.4, 0.5) is 5.69 Å². The Hall–Kier alpha value is -1.02. The molecule has 0 aliphatic carbocycles. The van der Waals surface area contributed by atoms with Gasteiger partial charge in [-0.2, -0.15) is 0 Å². The lowest BCUT2D eigenvalue weighted by molar-refractivity contribution is 0.134. The lowest BCUT2D eigenvalue weighted by atomic mass is 9.72. The number of hydrogen-bond acceptors (Lipinski definition) is 2. The third-order valence-corrected chi connectivity index (χ3v) is 4.64. The number of nitrogens with zero attached hydrogens (tertiary/aromatic N) is 1. The van der Waals surface area contributed by atoms with E-state index in [-0.39, 0.29) is 5.41 Å². The predicted octanol–water partition coefficient (Wildman–Crippen LogP) is 3.48.